The molecule has 0 amide bonds. The lowest BCUT2D eigenvalue weighted by atomic mass is 10.1. The fraction of sp³-hybridized carbons (Fsp3) is 0.294. The number of anilines is 2. The van der Waals surface area contributed by atoms with Crippen molar-refractivity contribution < 1.29 is 0 Å². The maximum atomic E-state index is 6.12. The molecule has 3 nitrogen and oxygen atoms in total. The Bertz CT molecular complexity index is 610. The van der Waals surface area contributed by atoms with Crippen molar-refractivity contribution in [3.63, 3.8) is 0 Å². The fourth-order valence-corrected chi connectivity index (χ4v) is 2.93. The molecular weight excluding hydrogens is 282 g/mol. The van der Waals surface area contributed by atoms with E-state index < -0.39 is 0 Å². The Labute approximate surface area is 131 Å². The smallest absolute Gasteiger partial charge is 0.106 e. The largest absolute Gasteiger partial charge is 0.378 e. The number of halogens is 1. The van der Waals surface area contributed by atoms with Gasteiger partial charge in [-0.25, -0.2) is 0 Å². The van der Waals surface area contributed by atoms with E-state index in [1.807, 2.05) is 18.2 Å². The maximum absolute atomic E-state index is 6.12. The van der Waals surface area contributed by atoms with Crippen LogP contribution in [0.5, 0.6) is 0 Å². The summed E-state index contributed by atoms with van der Waals surface area (Å²) in [4.78, 5) is 4.47. The molecule has 1 fully saturated rings. The van der Waals surface area contributed by atoms with Gasteiger partial charge in [0.15, 0.2) is 0 Å². The molecule has 0 spiro atoms. The number of hydrogen-bond acceptors (Lipinski definition) is 3. The lowest BCUT2D eigenvalue weighted by Gasteiger charge is -2.27. The van der Waals surface area contributed by atoms with Crippen LogP contribution in [-0.2, 0) is 0 Å². The van der Waals surface area contributed by atoms with Crippen LogP contribution in [-0.4, -0.2) is 27.2 Å². The van der Waals surface area contributed by atoms with Crippen LogP contribution >= 0.6 is 11.6 Å². The van der Waals surface area contributed by atoms with Crippen molar-refractivity contribution >= 4 is 23.0 Å². The molecule has 0 aromatic heterocycles. The molecule has 1 unspecified atom stereocenters. The van der Waals surface area contributed by atoms with Gasteiger partial charge in [-0.3, -0.25) is 5.32 Å². The Balaban J connectivity index is 1.87. The molecule has 0 saturated carbocycles. The van der Waals surface area contributed by atoms with E-state index in [0.717, 1.165) is 23.8 Å². The van der Waals surface area contributed by atoms with Gasteiger partial charge >= 0.3 is 0 Å². The monoisotopic (exact) mass is 301 g/mol. The summed E-state index contributed by atoms with van der Waals surface area (Å²) in [5, 5.41) is 4.34. The molecule has 0 aliphatic carbocycles. The van der Waals surface area contributed by atoms with Gasteiger partial charge in [-0.05, 0) is 35.9 Å². The third-order valence-corrected chi connectivity index (χ3v) is 4.10. The first-order valence-electron chi connectivity index (χ1n) is 7.18. The van der Waals surface area contributed by atoms with Crippen molar-refractivity contribution in [1.29, 1.82) is 0 Å². The fourth-order valence-electron chi connectivity index (χ4n) is 2.75. The second kappa shape index (κ2) is 5.96. The molecule has 2 aromatic rings. The molecule has 110 valence electrons. The molecule has 0 radical (unpaired) electrons. The molecule has 1 saturated heterocycles. The van der Waals surface area contributed by atoms with Gasteiger partial charge in [-0.15, -0.1) is 0 Å². The van der Waals surface area contributed by atoms with Crippen LogP contribution in [0.3, 0.4) is 0 Å². The average Bonchev–Trinajstić information content (AvgIpc) is 2.97. The van der Waals surface area contributed by atoms with Crippen molar-refractivity contribution in [2.45, 2.75) is 6.17 Å². The minimum atomic E-state index is 0.208. The summed E-state index contributed by atoms with van der Waals surface area (Å²) in [6.07, 6.45) is 0.208. The first-order chi connectivity index (χ1) is 10.1. The summed E-state index contributed by atoms with van der Waals surface area (Å²) in [5.41, 5.74) is 3.65. The van der Waals surface area contributed by atoms with Crippen LogP contribution in [0, 0.1) is 0 Å². The second-order valence-electron chi connectivity index (χ2n) is 5.52. The molecule has 21 heavy (non-hydrogen) atoms. The van der Waals surface area contributed by atoms with E-state index in [-0.39, 0.29) is 6.17 Å². The third-order valence-electron chi connectivity index (χ3n) is 3.87. The lowest BCUT2D eigenvalue weighted by Crippen LogP contribution is -2.27. The van der Waals surface area contributed by atoms with Gasteiger partial charge in [-0.1, -0.05) is 29.8 Å². The highest BCUT2D eigenvalue weighted by Crippen LogP contribution is 2.30. The van der Waals surface area contributed by atoms with E-state index in [1.165, 1.54) is 11.3 Å². The van der Waals surface area contributed by atoms with Crippen LogP contribution in [0.2, 0.25) is 5.02 Å². The standard InChI is InChI=1S/C17H20ClN3/c1-20(2)15-8-6-13(7-9-15)17-19-10-11-21(17)16-5-3-4-14(18)12-16/h3-9,12,17,19H,10-11H2,1-2H3. The topological polar surface area (TPSA) is 18.5 Å². The molecule has 0 bridgehead atoms. The highest BCUT2D eigenvalue weighted by molar-refractivity contribution is 6.30. The highest BCUT2D eigenvalue weighted by Gasteiger charge is 2.25. The number of hydrogen-bond donors (Lipinski definition) is 1. The number of nitrogens with one attached hydrogen (secondary N) is 1. The van der Waals surface area contributed by atoms with Gasteiger partial charge < -0.3 is 9.80 Å². The van der Waals surface area contributed by atoms with Crippen molar-refractivity contribution in [2.24, 2.45) is 0 Å². The molecule has 4 heteroatoms. The van der Waals surface area contributed by atoms with Gasteiger partial charge in [0.2, 0.25) is 0 Å². The van der Waals surface area contributed by atoms with Gasteiger partial charge in [0.1, 0.15) is 6.17 Å². The quantitative estimate of drug-likeness (QED) is 0.936. The molecule has 1 N–H and O–H groups in total. The van der Waals surface area contributed by atoms with Crippen LogP contribution in [0.4, 0.5) is 11.4 Å². The Morgan fingerprint density at radius 3 is 2.57 bits per heavy atom. The molecule has 1 heterocycles. The van der Waals surface area contributed by atoms with Crippen LogP contribution in [0.1, 0.15) is 11.7 Å². The van der Waals surface area contributed by atoms with Gasteiger partial charge in [0, 0.05) is 43.6 Å². The normalized spacial score (nSPS) is 18.0. The summed E-state index contributed by atoms with van der Waals surface area (Å²) >= 11 is 6.12. The van der Waals surface area contributed by atoms with E-state index in [4.69, 9.17) is 11.6 Å². The Morgan fingerprint density at radius 1 is 1.14 bits per heavy atom. The zero-order valence-corrected chi connectivity index (χ0v) is 13.1. The maximum Gasteiger partial charge on any atom is 0.106 e. The third kappa shape index (κ3) is 2.99. The second-order valence-corrected chi connectivity index (χ2v) is 5.95. The summed E-state index contributed by atoms with van der Waals surface area (Å²) in [7, 11) is 4.11. The predicted molar refractivity (Wildman–Crippen MR) is 90.3 cm³/mol. The van der Waals surface area contributed by atoms with Crippen molar-refractivity contribution in [3.8, 4) is 0 Å². The minimum Gasteiger partial charge on any atom is -0.378 e. The highest BCUT2D eigenvalue weighted by atomic mass is 35.5. The SMILES string of the molecule is CN(C)c1ccc(C2NCCN2c2cccc(Cl)c2)cc1. The number of benzene rings is 2. The van der Waals surface area contributed by atoms with Crippen LogP contribution in [0.15, 0.2) is 48.5 Å². The Morgan fingerprint density at radius 2 is 1.90 bits per heavy atom. The summed E-state index contributed by atoms with van der Waals surface area (Å²) in [6, 6.07) is 16.7. The van der Waals surface area contributed by atoms with E-state index >= 15 is 0 Å². The molecule has 2 aromatic carbocycles. The first-order valence-corrected chi connectivity index (χ1v) is 7.56. The molecular formula is C17H20ClN3. The van der Waals surface area contributed by atoms with Crippen LogP contribution in [0.25, 0.3) is 0 Å². The number of nitrogens with zero attached hydrogens (tertiary/aromatic N) is 2. The van der Waals surface area contributed by atoms with Crippen LogP contribution < -0.4 is 15.1 Å². The van der Waals surface area contributed by atoms with Crippen molar-refractivity contribution in [2.75, 3.05) is 37.0 Å². The summed E-state index contributed by atoms with van der Waals surface area (Å²) < 4.78 is 0. The predicted octanol–water partition coefficient (Wildman–Crippen LogP) is 3.51. The molecule has 1 aliphatic rings. The first kappa shape index (κ1) is 14.2. The lowest BCUT2D eigenvalue weighted by molar-refractivity contribution is 0.644. The van der Waals surface area contributed by atoms with Crippen molar-refractivity contribution in [3.05, 3.63) is 59.1 Å². The van der Waals surface area contributed by atoms with E-state index in [0.29, 0.717) is 0 Å². The average molecular weight is 302 g/mol. The Kier molecular flexibility index (Phi) is 4.04. The minimum absolute atomic E-state index is 0.208. The zero-order valence-electron chi connectivity index (χ0n) is 12.4. The van der Waals surface area contributed by atoms with E-state index in [2.05, 4.69) is 59.5 Å². The number of rotatable bonds is 3. The van der Waals surface area contributed by atoms with E-state index in [9.17, 15) is 0 Å². The van der Waals surface area contributed by atoms with Gasteiger partial charge in [0.25, 0.3) is 0 Å². The Hall–Kier alpha value is -1.71. The van der Waals surface area contributed by atoms with Gasteiger partial charge in [0.05, 0.1) is 0 Å². The van der Waals surface area contributed by atoms with E-state index in [1.54, 1.807) is 0 Å². The summed E-state index contributed by atoms with van der Waals surface area (Å²) in [6.45, 7) is 1.97. The van der Waals surface area contributed by atoms with Gasteiger partial charge in [-0.2, -0.15) is 0 Å². The molecule has 1 aliphatic heterocycles. The summed E-state index contributed by atoms with van der Waals surface area (Å²) in [5.74, 6) is 0. The van der Waals surface area contributed by atoms with Crippen molar-refractivity contribution in [1.82, 2.24) is 5.32 Å². The molecule has 1 atom stereocenters. The zero-order chi connectivity index (χ0) is 14.8. The molecule has 3 rings (SSSR count).